The number of aromatic nitrogens is 1. The largest absolute Gasteiger partial charge is 0.495 e. The molecule has 0 bridgehead atoms. The van der Waals surface area contributed by atoms with E-state index in [0.29, 0.717) is 17.3 Å². The lowest BCUT2D eigenvalue weighted by Gasteiger charge is -2.09. The van der Waals surface area contributed by atoms with Crippen molar-refractivity contribution in [3.8, 4) is 5.75 Å². The van der Waals surface area contributed by atoms with E-state index in [1.807, 2.05) is 30.3 Å². The van der Waals surface area contributed by atoms with Gasteiger partial charge >= 0.3 is 5.97 Å². The fourth-order valence-corrected chi connectivity index (χ4v) is 3.75. The van der Waals surface area contributed by atoms with Gasteiger partial charge in [-0.15, -0.1) is 0 Å². The van der Waals surface area contributed by atoms with Gasteiger partial charge in [-0.2, -0.15) is 0 Å². The van der Waals surface area contributed by atoms with Crippen molar-refractivity contribution in [2.24, 2.45) is 0 Å². The zero-order valence-corrected chi connectivity index (χ0v) is 16.2. The number of halogens is 2. The van der Waals surface area contributed by atoms with Crippen LogP contribution in [0.5, 0.6) is 5.75 Å². The number of ether oxygens (including phenoxy) is 2. The van der Waals surface area contributed by atoms with Crippen molar-refractivity contribution < 1.29 is 14.3 Å². The Morgan fingerprint density at radius 2 is 1.92 bits per heavy atom. The maximum Gasteiger partial charge on any atom is 0.310 e. The molecule has 0 saturated heterocycles. The Bertz CT molecular complexity index is 922. The predicted molar refractivity (Wildman–Crippen MR) is 102 cm³/mol. The minimum Gasteiger partial charge on any atom is -0.495 e. The van der Waals surface area contributed by atoms with E-state index in [0.717, 1.165) is 26.6 Å². The van der Waals surface area contributed by atoms with E-state index in [2.05, 4.69) is 32.6 Å². The van der Waals surface area contributed by atoms with Crippen LogP contribution >= 0.6 is 27.5 Å². The average Bonchev–Trinajstić information content (AvgIpc) is 2.86. The minimum absolute atomic E-state index is 0.167. The molecule has 25 heavy (non-hydrogen) atoms. The van der Waals surface area contributed by atoms with Gasteiger partial charge in [0.1, 0.15) is 5.75 Å². The average molecular weight is 423 g/mol. The number of carbonyl (C=O) groups is 1. The van der Waals surface area contributed by atoms with E-state index in [1.165, 1.54) is 7.11 Å². The molecule has 0 aliphatic rings. The number of methoxy groups -OCH3 is 2. The Kier molecular flexibility index (Phi) is 5.35. The molecule has 1 aromatic heterocycles. The summed E-state index contributed by atoms with van der Waals surface area (Å²) in [5.41, 5.74) is 2.94. The van der Waals surface area contributed by atoms with Crippen LogP contribution in [-0.4, -0.2) is 24.8 Å². The summed E-state index contributed by atoms with van der Waals surface area (Å²) in [6.07, 6.45) is 0.167. The third-order valence-electron chi connectivity index (χ3n) is 4.10. The van der Waals surface area contributed by atoms with Crippen LogP contribution < -0.4 is 4.74 Å². The maximum atomic E-state index is 11.9. The number of hydrogen-bond donors (Lipinski definition) is 0. The highest BCUT2D eigenvalue weighted by atomic mass is 79.9. The van der Waals surface area contributed by atoms with Crippen LogP contribution in [-0.2, 0) is 22.5 Å². The third-order valence-corrected chi connectivity index (χ3v) is 5.31. The van der Waals surface area contributed by atoms with E-state index in [4.69, 9.17) is 21.1 Å². The van der Waals surface area contributed by atoms with Crippen molar-refractivity contribution in [3.63, 3.8) is 0 Å². The lowest BCUT2D eigenvalue weighted by atomic mass is 10.1. The van der Waals surface area contributed by atoms with Gasteiger partial charge in [0.15, 0.2) is 0 Å². The zero-order valence-electron chi connectivity index (χ0n) is 13.9. The minimum atomic E-state index is -0.298. The first-order valence-electron chi connectivity index (χ1n) is 7.70. The predicted octanol–water partition coefficient (Wildman–Crippen LogP) is 4.83. The van der Waals surface area contributed by atoms with Crippen molar-refractivity contribution in [1.82, 2.24) is 4.57 Å². The summed E-state index contributed by atoms with van der Waals surface area (Å²) < 4.78 is 13.1. The summed E-state index contributed by atoms with van der Waals surface area (Å²) in [6, 6.07) is 13.8. The summed E-state index contributed by atoms with van der Waals surface area (Å²) in [6.45, 7) is 0.655. The van der Waals surface area contributed by atoms with Crippen LogP contribution in [0.4, 0.5) is 0 Å². The lowest BCUT2D eigenvalue weighted by Crippen LogP contribution is -2.05. The van der Waals surface area contributed by atoms with Crippen LogP contribution in [0.25, 0.3) is 10.9 Å². The molecule has 0 aliphatic heterocycles. The van der Waals surface area contributed by atoms with Crippen LogP contribution in [0, 0.1) is 0 Å². The van der Waals surface area contributed by atoms with Gasteiger partial charge in [0.05, 0.1) is 35.8 Å². The highest BCUT2D eigenvalue weighted by Crippen LogP contribution is 2.37. The summed E-state index contributed by atoms with van der Waals surface area (Å²) >= 11 is 9.98. The molecule has 1 heterocycles. The molecule has 3 aromatic rings. The van der Waals surface area contributed by atoms with Gasteiger partial charge in [-0.05, 0) is 33.6 Å². The van der Waals surface area contributed by atoms with E-state index in [9.17, 15) is 4.79 Å². The first-order chi connectivity index (χ1) is 12.0. The van der Waals surface area contributed by atoms with E-state index in [1.54, 1.807) is 7.11 Å². The van der Waals surface area contributed by atoms with Crippen LogP contribution in [0.3, 0.4) is 0 Å². The molecule has 0 fully saturated rings. The standard InChI is InChI=1S/C19H17BrClNO3/c1-24-17-8-13-14(9-18(23)25-2)19(20)22(16(13)10-15(17)21)11-12-6-4-3-5-7-12/h3-8,10H,9,11H2,1-2H3. The summed E-state index contributed by atoms with van der Waals surface area (Å²) in [7, 11) is 2.96. The first-order valence-corrected chi connectivity index (χ1v) is 8.87. The molecule has 0 amide bonds. The molecule has 0 aliphatic carbocycles. The molecule has 0 N–H and O–H groups in total. The van der Waals surface area contributed by atoms with E-state index >= 15 is 0 Å². The Labute approximate surface area is 159 Å². The second-order valence-corrected chi connectivity index (χ2v) is 6.76. The number of carbonyl (C=O) groups excluding carboxylic acids is 1. The van der Waals surface area contributed by atoms with Crippen LogP contribution in [0.15, 0.2) is 47.1 Å². The molecule has 2 aromatic carbocycles. The first kappa shape index (κ1) is 17.8. The van der Waals surface area contributed by atoms with Crippen molar-refractivity contribution in [2.45, 2.75) is 13.0 Å². The molecule has 6 heteroatoms. The summed E-state index contributed by atoms with van der Waals surface area (Å²) in [5, 5.41) is 1.44. The Morgan fingerprint density at radius 3 is 2.56 bits per heavy atom. The number of hydrogen-bond acceptors (Lipinski definition) is 3. The second kappa shape index (κ2) is 7.50. The molecular formula is C19H17BrClNO3. The van der Waals surface area contributed by atoms with Crippen molar-refractivity contribution >= 4 is 44.4 Å². The number of nitrogens with zero attached hydrogens (tertiary/aromatic N) is 1. The molecule has 0 atom stereocenters. The van der Waals surface area contributed by atoms with Crippen molar-refractivity contribution in [3.05, 3.63) is 63.2 Å². The number of benzene rings is 2. The lowest BCUT2D eigenvalue weighted by molar-refractivity contribution is -0.139. The van der Waals surface area contributed by atoms with Crippen LogP contribution in [0.2, 0.25) is 5.02 Å². The van der Waals surface area contributed by atoms with Crippen molar-refractivity contribution in [2.75, 3.05) is 14.2 Å². The SMILES string of the molecule is COC(=O)Cc1c(Br)n(Cc2ccccc2)c2cc(Cl)c(OC)cc12. The summed E-state index contributed by atoms with van der Waals surface area (Å²) in [5.74, 6) is 0.276. The highest BCUT2D eigenvalue weighted by molar-refractivity contribution is 9.10. The number of esters is 1. The molecular weight excluding hydrogens is 406 g/mol. The second-order valence-electron chi connectivity index (χ2n) is 5.60. The topological polar surface area (TPSA) is 40.5 Å². The highest BCUT2D eigenvalue weighted by Gasteiger charge is 2.20. The third kappa shape index (κ3) is 3.53. The molecule has 0 radical (unpaired) electrons. The monoisotopic (exact) mass is 421 g/mol. The van der Waals surface area contributed by atoms with Gasteiger partial charge in [0.2, 0.25) is 0 Å². The van der Waals surface area contributed by atoms with Gasteiger partial charge in [0.25, 0.3) is 0 Å². The quantitative estimate of drug-likeness (QED) is 0.553. The Hall–Kier alpha value is -1.98. The smallest absolute Gasteiger partial charge is 0.310 e. The van der Waals surface area contributed by atoms with E-state index in [-0.39, 0.29) is 12.4 Å². The fourth-order valence-electron chi connectivity index (χ4n) is 2.85. The molecule has 3 rings (SSSR count). The Balaban J connectivity index is 2.19. The molecule has 4 nitrogen and oxygen atoms in total. The summed E-state index contributed by atoms with van der Waals surface area (Å²) in [4.78, 5) is 11.9. The van der Waals surface area contributed by atoms with Gasteiger partial charge in [0, 0.05) is 17.5 Å². The fraction of sp³-hybridized carbons (Fsp3) is 0.211. The van der Waals surface area contributed by atoms with E-state index < -0.39 is 0 Å². The van der Waals surface area contributed by atoms with Crippen molar-refractivity contribution in [1.29, 1.82) is 0 Å². The maximum absolute atomic E-state index is 11.9. The van der Waals surface area contributed by atoms with Gasteiger partial charge in [-0.25, -0.2) is 0 Å². The Morgan fingerprint density at radius 1 is 1.20 bits per heavy atom. The molecule has 0 saturated carbocycles. The normalized spacial score (nSPS) is 10.9. The van der Waals surface area contributed by atoms with Gasteiger partial charge in [-0.3, -0.25) is 4.79 Å². The number of fused-ring (bicyclic) bond motifs is 1. The molecule has 0 spiro atoms. The van der Waals surface area contributed by atoms with Crippen LogP contribution in [0.1, 0.15) is 11.1 Å². The number of rotatable bonds is 5. The van der Waals surface area contributed by atoms with Gasteiger partial charge in [-0.1, -0.05) is 41.9 Å². The molecule has 0 unspecified atom stereocenters. The molecule has 130 valence electrons. The van der Waals surface area contributed by atoms with Gasteiger partial charge < -0.3 is 14.0 Å². The zero-order chi connectivity index (χ0) is 18.0.